The molecular weight excluding hydrogens is 310 g/mol. The molecule has 1 N–H and O–H groups in total. The normalized spacial score (nSPS) is 13.7. The second kappa shape index (κ2) is 6.83. The summed E-state index contributed by atoms with van der Waals surface area (Å²) in [5.41, 5.74) is -0.595. The molecule has 1 amide bonds. The quantitative estimate of drug-likeness (QED) is 0.878. The molecule has 22 heavy (non-hydrogen) atoms. The molecule has 0 bridgehead atoms. The van der Waals surface area contributed by atoms with E-state index in [0.29, 0.717) is 6.42 Å². The molecule has 118 valence electrons. The summed E-state index contributed by atoms with van der Waals surface area (Å²) in [4.78, 5) is 16.7. The van der Waals surface area contributed by atoms with E-state index in [-0.39, 0.29) is 11.3 Å². The fraction of sp³-hybridized carbons (Fsp3) is 0.333. The van der Waals surface area contributed by atoms with Crippen molar-refractivity contribution in [3.05, 3.63) is 46.4 Å². The van der Waals surface area contributed by atoms with E-state index in [1.54, 1.807) is 12.3 Å². The third-order valence-electron chi connectivity index (χ3n) is 3.35. The molecule has 0 aliphatic carbocycles. The van der Waals surface area contributed by atoms with Crippen LogP contribution in [0.5, 0.6) is 5.75 Å². The number of nitrogens with zero attached hydrogens (tertiary/aromatic N) is 1. The number of carbonyl (C=O) groups is 1. The van der Waals surface area contributed by atoms with E-state index in [1.165, 1.54) is 29.5 Å². The molecule has 1 atom stereocenters. The van der Waals surface area contributed by atoms with E-state index < -0.39 is 18.1 Å². The van der Waals surface area contributed by atoms with Gasteiger partial charge in [0.05, 0.1) is 11.1 Å². The Bertz CT molecular complexity index is 634. The van der Waals surface area contributed by atoms with Crippen LogP contribution in [0, 0.1) is 0 Å². The second-order valence-corrected chi connectivity index (χ2v) is 5.75. The Morgan fingerprint density at radius 2 is 2.18 bits per heavy atom. The largest absolute Gasteiger partial charge is 0.434 e. The summed E-state index contributed by atoms with van der Waals surface area (Å²) in [6.07, 6.45) is 2.28. The highest BCUT2D eigenvalue weighted by Crippen LogP contribution is 2.28. The maximum Gasteiger partial charge on any atom is 0.387 e. The van der Waals surface area contributed by atoms with Crippen molar-refractivity contribution >= 4 is 17.2 Å². The molecule has 1 aromatic heterocycles. The summed E-state index contributed by atoms with van der Waals surface area (Å²) < 4.78 is 29.3. The molecule has 1 aromatic carbocycles. The lowest BCUT2D eigenvalue weighted by molar-refractivity contribution is -0.0501. The molecular formula is C15H16F2N2O2S. The van der Waals surface area contributed by atoms with Crippen LogP contribution in [0.1, 0.15) is 35.6 Å². The first kappa shape index (κ1) is 16.4. The number of thiazole rings is 1. The fourth-order valence-corrected chi connectivity index (χ4v) is 2.79. The second-order valence-electron chi connectivity index (χ2n) is 4.85. The smallest absolute Gasteiger partial charge is 0.387 e. The van der Waals surface area contributed by atoms with Gasteiger partial charge in [-0.1, -0.05) is 19.1 Å². The molecule has 2 aromatic rings. The molecule has 0 aliphatic heterocycles. The number of carbonyl (C=O) groups excluding carboxylic acids is 1. The number of hydrogen-bond donors (Lipinski definition) is 1. The molecule has 0 saturated carbocycles. The van der Waals surface area contributed by atoms with Crippen molar-refractivity contribution in [1.29, 1.82) is 0 Å². The van der Waals surface area contributed by atoms with E-state index in [1.807, 2.05) is 19.2 Å². The Balaban J connectivity index is 2.25. The van der Waals surface area contributed by atoms with Crippen molar-refractivity contribution in [3.63, 3.8) is 0 Å². The molecule has 0 fully saturated rings. The molecule has 4 nitrogen and oxygen atoms in total. The monoisotopic (exact) mass is 326 g/mol. The maximum absolute atomic E-state index is 12.5. The zero-order valence-corrected chi connectivity index (χ0v) is 13.0. The number of amides is 1. The summed E-state index contributed by atoms with van der Waals surface area (Å²) in [6.45, 7) is 0.786. The molecule has 0 radical (unpaired) electrons. The SMILES string of the molecule is CC[C@@](C)(NC(=O)c1ccccc1OC(F)F)c1nccs1. The molecule has 0 saturated heterocycles. The molecule has 1 heterocycles. The highest BCUT2D eigenvalue weighted by Gasteiger charge is 2.30. The summed E-state index contributed by atoms with van der Waals surface area (Å²) in [5, 5.41) is 5.44. The first-order chi connectivity index (χ1) is 10.5. The van der Waals surface area contributed by atoms with Gasteiger partial charge in [-0.15, -0.1) is 11.3 Å². The van der Waals surface area contributed by atoms with Crippen LogP contribution in [0.3, 0.4) is 0 Å². The van der Waals surface area contributed by atoms with Gasteiger partial charge in [0.25, 0.3) is 5.91 Å². The fourth-order valence-electron chi connectivity index (χ4n) is 1.96. The Morgan fingerprint density at radius 1 is 1.45 bits per heavy atom. The van der Waals surface area contributed by atoms with Gasteiger partial charge in [-0.3, -0.25) is 4.79 Å². The predicted octanol–water partition coefficient (Wildman–Crippen LogP) is 3.80. The first-order valence-corrected chi connectivity index (χ1v) is 7.60. The van der Waals surface area contributed by atoms with Gasteiger partial charge in [0, 0.05) is 11.6 Å². The standard InChI is InChI=1S/C15H16F2N2O2S/c1-3-15(2,13-18-8-9-22-13)19-12(20)10-6-4-5-7-11(10)21-14(16)17/h4-9,14H,3H2,1-2H3,(H,19,20)/t15-/m1/s1. The van der Waals surface area contributed by atoms with Gasteiger partial charge in [-0.25, -0.2) is 4.98 Å². The van der Waals surface area contributed by atoms with Crippen LogP contribution >= 0.6 is 11.3 Å². The van der Waals surface area contributed by atoms with Crippen molar-refractivity contribution in [2.75, 3.05) is 0 Å². The highest BCUT2D eigenvalue weighted by molar-refractivity contribution is 7.09. The lowest BCUT2D eigenvalue weighted by atomic mass is 9.99. The number of halogens is 2. The number of para-hydroxylation sites is 1. The topological polar surface area (TPSA) is 51.2 Å². The van der Waals surface area contributed by atoms with E-state index in [4.69, 9.17) is 0 Å². The number of aromatic nitrogens is 1. The van der Waals surface area contributed by atoms with Gasteiger partial charge in [-0.2, -0.15) is 8.78 Å². The Morgan fingerprint density at radius 3 is 2.77 bits per heavy atom. The molecule has 7 heteroatoms. The van der Waals surface area contributed by atoms with Crippen molar-refractivity contribution in [1.82, 2.24) is 10.3 Å². The summed E-state index contributed by atoms with van der Waals surface area (Å²) in [7, 11) is 0. The van der Waals surface area contributed by atoms with E-state index in [0.717, 1.165) is 5.01 Å². The van der Waals surface area contributed by atoms with E-state index in [9.17, 15) is 13.6 Å². The summed E-state index contributed by atoms with van der Waals surface area (Å²) >= 11 is 1.43. The van der Waals surface area contributed by atoms with Crippen molar-refractivity contribution in [3.8, 4) is 5.75 Å². The number of nitrogens with one attached hydrogen (secondary N) is 1. The van der Waals surface area contributed by atoms with Gasteiger partial charge in [0.15, 0.2) is 0 Å². The van der Waals surface area contributed by atoms with Gasteiger partial charge >= 0.3 is 6.61 Å². The molecule has 0 spiro atoms. The van der Waals surface area contributed by atoms with Gasteiger partial charge in [-0.05, 0) is 25.5 Å². The van der Waals surface area contributed by atoms with E-state index >= 15 is 0 Å². The van der Waals surface area contributed by atoms with Crippen molar-refractivity contribution in [2.24, 2.45) is 0 Å². The number of rotatable bonds is 6. The van der Waals surface area contributed by atoms with Crippen LogP contribution in [-0.2, 0) is 5.54 Å². The maximum atomic E-state index is 12.5. The average Bonchev–Trinajstić information content (AvgIpc) is 3.02. The first-order valence-electron chi connectivity index (χ1n) is 6.72. The molecule has 2 rings (SSSR count). The Kier molecular flexibility index (Phi) is 5.07. The highest BCUT2D eigenvalue weighted by atomic mass is 32.1. The van der Waals surface area contributed by atoms with Gasteiger partial charge < -0.3 is 10.1 Å². The molecule has 0 aliphatic rings. The summed E-state index contributed by atoms with van der Waals surface area (Å²) in [6, 6.07) is 5.92. The third-order valence-corrected chi connectivity index (χ3v) is 4.39. The minimum absolute atomic E-state index is 0.0685. The summed E-state index contributed by atoms with van der Waals surface area (Å²) in [5.74, 6) is -0.622. The Labute approximate surface area is 131 Å². The lowest BCUT2D eigenvalue weighted by Gasteiger charge is -2.27. The Hall–Kier alpha value is -2.02. The van der Waals surface area contributed by atoms with Crippen LogP contribution in [0.2, 0.25) is 0 Å². The van der Waals surface area contributed by atoms with Gasteiger partial charge in [0.1, 0.15) is 10.8 Å². The van der Waals surface area contributed by atoms with Crippen LogP contribution in [0.4, 0.5) is 8.78 Å². The number of benzene rings is 1. The average molecular weight is 326 g/mol. The number of alkyl halides is 2. The zero-order chi connectivity index (χ0) is 16.2. The minimum Gasteiger partial charge on any atom is -0.434 e. The van der Waals surface area contributed by atoms with Gasteiger partial charge in [0.2, 0.25) is 0 Å². The van der Waals surface area contributed by atoms with E-state index in [2.05, 4.69) is 15.0 Å². The number of ether oxygens (including phenoxy) is 1. The van der Waals surface area contributed by atoms with Crippen LogP contribution in [0.25, 0.3) is 0 Å². The lowest BCUT2D eigenvalue weighted by Crippen LogP contribution is -2.43. The van der Waals surface area contributed by atoms with Crippen molar-refractivity contribution in [2.45, 2.75) is 32.4 Å². The van der Waals surface area contributed by atoms with Crippen LogP contribution in [-0.4, -0.2) is 17.5 Å². The molecule has 0 unspecified atom stereocenters. The zero-order valence-electron chi connectivity index (χ0n) is 12.2. The number of hydrogen-bond acceptors (Lipinski definition) is 4. The minimum atomic E-state index is -2.98. The third kappa shape index (κ3) is 3.59. The predicted molar refractivity (Wildman–Crippen MR) is 80.3 cm³/mol. The van der Waals surface area contributed by atoms with Crippen molar-refractivity contribution < 1.29 is 18.3 Å². The van der Waals surface area contributed by atoms with Crippen LogP contribution < -0.4 is 10.1 Å². The van der Waals surface area contributed by atoms with Crippen LogP contribution in [0.15, 0.2) is 35.8 Å².